The fourth-order valence-corrected chi connectivity index (χ4v) is 0.951. The van der Waals surface area contributed by atoms with E-state index in [1.54, 1.807) is 25.3 Å². The van der Waals surface area contributed by atoms with E-state index in [9.17, 15) is 13.6 Å². The van der Waals surface area contributed by atoms with E-state index in [2.05, 4.69) is 10.3 Å². The Morgan fingerprint density at radius 2 is 2.36 bits per heavy atom. The summed E-state index contributed by atoms with van der Waals surface area (Å²) in [5, 5.41) is 2.09. The summed E-state index contributed by atoms with van der Waals surface area (Å²) < 4.78 is 23.6. The minimum Gasteiger partial charge on any atom is -0.345 e. The molecule has 0 bridgehead atoms. The van der Waals surface area contributed by atoms with Gasteiger partial charge in [-0.05, 0) is 18.6 Å². The van der Waals surface area contributed by atoms with Crippen LogP contribution in [0.4, 0.5) is 8.78 Å². The van der Waals surface area contributed by atoms with E-state index in [4.69, 9.17) is 0 Å². The molecule has 0 saturated carbocycles. The zero-order valence-corrected chi connectivity index (χ0v) is 7.63. The van der Waals surface area contributed by atoms with Crippen molar-refractivity contribution < 1.29 is 13.6 Å². The maximum atomic E-state index is 11.8. The van der Waals surface area contributed by atoms with Crippen LogP contribution < -0.4 is 5.32 Å². The summed E-state index contributed by atoms with van der Waals surface area (Å²) in [5.74, 6) is -1.27. The van der Waals surface area contributed by atoms with Gasteiger partial charge in [-0.25, -0.2) is 0 Å². The van der Waals surface area contributed by atoms with Crippen LogP contribution in [-0.2, 0) is 11.3 Å². The summed E-state index contributed by atoms with van der Waals surface area (Å²) in [6.07, 6.45) is -1.42. The van der Waals surface area contributed by atoms with Crippen LogP contribution in [-0.4, -0.2) is 17.3 Å². The van der Waals surface area contributed by atoms with Gasteiger partial charge in [0.15, 0.2) is 0 Å². The Balaban J connectivity index is 2.54. The highest BCUT2D eigenvalue weighted by atomic mass is 19.3. The molecule has 1 heterocycles. The fraction of sp³-hybridized carbons (Fsp3) is 0.333. The number of hydrogen-bond donors (Lipinski definition) is 1. The molecule has 3 nitrogen and oxygen atoms in total. The van der Waals surface area contributed by atoms with Gasteiger partial charge < -0.3 is 5.32 Å². The number of aryl methyl sites for hydroxylation is 1. The minimum absolute atomic E-state index is 0.0375. The summed E-state index contributed by atoms with van der Waals surface area (Å²) in [5.41, 5.74) is 1.46. The van der Waals surface area contributed by atoms with Crippen LogP contribution in [0.2, 0.25) is 0 Å². The number of alkyl halides is 2. The van der Waals surface area contributed by atoms with Crippen molar-refractivity contribution >= 4 is 5.91 Å². The maximum Gasteiger partial charge on any atom is 0.315 e. The Labute approximate surface area is 80.2 Å². The molecule has 1 N–H and O–H groups in total. The van der Waals surface area contributed by atoms with Crippen LogP contribution in [0, 0.1) is 6.92 Å². The molecule has 0 radical (unpaired) electrons. The van der Waals surface area contributed by atoms with Gasteiger partial charge in [0.2, 0.25) is 0 Å². The third-order valence-electron chi connectivity index (χ3n) is 1.75. The molecule has 14 heavy (non-hydrogen) atoms. The van der Waals surface area contributed by atoms with Gasteiger partial charge in [0.05, 0.1) is 12.2 Å². The number of pyridine rings is 1. The molecule has 1 amide bonds. The quantitative estimate of drug-likeness (QED) is 0.798. The Morgan fingerprint density at radius 3 is 2.93 bits per heavy atom. The fourth-order valence-electron chi connectivity index (χ4n) is 0.951. The Bertz CT molecular complexity index is 328. The average molecular weight is 200 g/mol. The van der Waals surface area contributed by atoms with Crippen molar-refractivity contribution in [3.05, 3.63) is 29.6 Å². The van der Waals surface area contributed by atoms with Gasteiger partial charge in [-0.2, -0.15) is 8.78 Å². The molecule has 76 valence electrons. The van der Waals surface area contributed by atoms with E-state index in [-0.39, 0.29) is 6.54 Å². The van der Waals surface area contributed by atoms with E-state index in [1.807, 2.05) is 0 Å². The lowest BCUT2D eigenvalue weighted by Gasteiger charge is -2.05. The molecule has 0 aromatic carbocycles. The van der Waals surface area contributed by atoms with Crippen LogP contribution in [0.1, 0.15) is 11.3 Å². The van der Waals surface area contributed by atoms with Gasteiger partial charge in [0.1, 0.15) is 0 Å². The van der Waals surface area contributed by atoms with Crippen LogP contribution in [0.15, 0.2) is 18.3 Å². The lowest BCUT2D eigenvalue weighted by Crippen LogP contribution is -2.29. The SMILES string of the molecule is Cc1cccnc1CNC(=O)C(F)F. The lowest BCUT2D eigenvalue weighted by atomic mass is 10.2. The number of halogens is 2. The summed E-state index contributed by atoms with van der Waals surface area (Å²) >= 11 is 0. The maximum absolute atomic E-state index is 11.8. The molecule has 1 aromatic heterocycles. The molecule has 5 heteroatoms. The molecular formula is C9H10F2N2O. The zero-order valence-electron chi connectivity index (χ0n) is 7.63. The van der Waals surface area contributed by atoms with Gasteiger partial charge in [-0.15, -0.1) is 0 Å². The first-order valence-corrected chi connectivity index (χ1v) is 4.07. The topological polar surface area (TPSA) is 42.0 Å². The van der Waals surface area contributed by atoms with Crippen molar-refractivity contribution in [1.29, 1.82) is 0 Å². The molecule has 0 atom stereocenters. The Kier molecular flexibility index (Phi) is 3.50. The van der Waals surface area contributed by atoms with Gasteiger partial charge in [-0.3, -0.25) is 9.78 Å². The number of aromatic nitrogens is 1. The summed E-state index contributed by atoms with van der Waals surface area (Å²) in [6.45, 7) is 1.84. The van der Waals surface area contributed by atoms with Crippen molar-refractivity contribution in [2.45, 2.75) is 19.9 Å². The second-order valence-corrected chi connectivity index (χ2v) is 2.79. The second-order valence-electron chi connectivity index (χ2n) is 2.79. The lowest BCUT2D eigenvalue weighted by molar-refractivity contribution is -0.131. The standard InChI is InChI=1S/C9H10F2N2O/c1-6-3-2-4-12-7(6)5-13-9(14)8(10)11/h2-4,8H,5H2,1H3,(H,13,14). The highest BCUT2D eigenvalue weighted by Crippen LogP contribution is 2.02. The van der Waals surface area contributed by atoms with Gasteiger partial charge in [-0.1, -0.05) is 6.07 Å². The van der Waals surface area contributed by atoms with Gasteiger partial charge in [0, 0.05) is 6.20 Å². The first kappa shape index (κ1) is 10.6. The van der Waals surface area contributed by atoms with Crippen LogP contribution in [0.5, 0.6) is 0 Å². The monoisotopic (exact) mass is 200 g/mol. The highest BCUT2D eigenvalue weighted by Gasteiger charge is 2.14. The number of nitrogens with one attached hydrogen (secondary N) is 1. The van der Waals surface area contributed by atoms with Crippen molar-refractivity contribution in [2.24, 2.45) is 0 Å². The zero-order chi connectivity index (χ0) is 10.6. The molecule has 1 aromatic rings. The Hall–Kier alpha value is -1.52. The first-order chi connectivity index (χ1) is 6.61. The predicted octanol–water partition coefficient (Wildman–Crippen LogP) is 1.27. The Morgan fingerprint density at radius 1 is 1.64 bits per heavy atom. The minimum atomic E-state index is -2.97. The predicted molar refractivity (Wildman–Crippen MR) is 46.8 cm³/mol. The largest absolute Gasteiger partial charge is 0.345 e. The first-order valence-electron chi connectivity index (χ1n) is 4.07. The van der Waals surface area contributed by atoms with Crippen LogP contribution in [0.25, 0.3) is 0 Å². The van der Waals surface area contributed by atoms with E-state index < -0.39 is 12.3 Å². The number of hydrogen-bond acceptors (Lipinski definition) is 2. The summed E-state index contributed by atoms with van der Waals surface area (Å²) in [6, 6.07) is 3.55. The molecule has 0 spiro atoms. The molecular weight excluding hydrogens is 190 g/mol. The molecule has 0 unspecified atom stereocenters. The molecule has 0 aliphatic heterocycles. The number of carbonyl (C=O) groups excluding carboxylic acids is 1. The number of carbonyl (C=O) groups is 1. The smallest absolute Gasteiger partial charge is 0.315 e. The van der Waals surface area contributed by atoms with Crippen molar-refractivity contribution in [3.8, 4) is 0 Å². The molecule has 1 rings (SSSR count). The second kappa shape index (κ2) is 4.64. The summed E-state index contributed by atoms with van der Waals surface area (Å²) in [7, 11) is 0. The van der Waals surface area contributed by atoms with Crippen LogP contribution in [0.3, 0.4) is 0 Å². The van der Waals surface area contributed by atoms with Gasteiger partial charge in [0.25, 0.3) is 5.91 Å². The van der Waals surface area contributed by atoms with E-state index in [0.717, 1.165) is 5.56 Å². The third-order valence-corrected chi connectivity index (χ3v) is 1.75. The molecule has 0 saturated heterocycles. The summed E-state index contributed by atoms with van der Waals surface area (Å²) in [4.78, 5) is 14.5. The van der Waals surface area contributed by atoms with Crippen molar-refractivity contribution in [1.82, 2.24) is 10.3 Å². The normalized spacial score (nSPS) is 10.3. The molecule has 0 aliphatic carbocycles. The molecule has 0 aliphatic rings. The van der Waals surface area contributed by atoms with E-state index in [1.165, 1.54) is 0 Å². The van der Waals surface area contributed by atoms with Gasteiger partial charge >= 0.3 is 6.43 Å². The molecule has 0 fully saturated rings. The van der Waals surface area contributed by atoms with Crippen molar-refractivity contribution in [3.63, 3.8) is 0 Å². The van der Waals surface area contributed by atoms with Crippen molar-refractivity contribution in [2.75, 3.05) is 0 Å². The van der Waals surface area contributed by atoms with E-state index in [0.29, 0.717) is 5.69 Å². The number of rotatable bonds is 3. The third kappa shape index (κ3) is 2.76. The van der Waals surface area contributed by atoms with E-state index >= 15 is 0 Å². The van der Waals surface area contributed by atoms with Crippen LogP contribution >= 0.6 is 0 Å². The number of amides is 1. The average Bonchev–Trinajstić information content (AvgIpc) is 2.16. The highest BCUT2D eigenvalue weighted by molar-refractivity contribution is 5.78. The number of nitrogens with zero attached hydrogens (tertiary/aromatic N) is 1.